The fourth-order valence-electron chi connectivity index (χ4n) is 0.556. The Morgan fingerprint density at radius 2 is 2.19 bits per heavy atom. The average molecular weight is 338 g/mol. The average Bonchev–Trinajstić information content (AvgIpc) is 2.64. The summed E-state index contributed by atoms with van der Waals surface area (Å²) in [5.41, 5.74) is 0. The van der Waals surface area contributed by atoms with Crippen molar-refractivity contribution in [2.45, 2.75) is 14.4 Å². The predicted octanol–water partition coefficient (Wildman–Crippen LogP) is 2.13. The van der Waals surface area contributed by atoms with Crippen molar-refractivity contribution in [3.05, 3.63) is 28.6 Å². The van der Waals surface area contributed by atoms with Gasteiger partial charge < -0.3 is 4.74 Å². The van der Waals surface area contributed by atoms with E-state index in [1.807, 2.05) is 0 Å². The van der Waals surface area contributed by atoms with Crippen molar-refractivity contribution in [3.63, 3.8) is 0 Å². The van der Waals surface area contributed by atoms with Crippen LogP contribution in [0.3, 0.4) is 0 Å². The second kappa shape index (κ2) is 9.08. The summed E-state index contributed by atoms with van der Waals surface area (Å²) in [7, 11) is 1.31. The molecule has 0 aliphatic heterocycles. The number of ether oxygens (including phenoxy) is 1. The molecule has 0 aromatic carbocycles. The van der Waals surface area contributed by atoms with Gasteiger partial charge in [-0.1, -0.05) is 14.0 Å². The summed E-state index contributed by atoms with van der Waals surface area (Å²) in [5, 5.41) is 3.77. The van der Waals surface area contributed by atoms with E-state index < -0.39 is 5.97 Å². The summed E-state index contributed by atoms with van der Waals surface area (Å²) in [6.45, 7) is 4.63. The summed E-state index contributed by atoms with van der Waals surface area (Å²) in [6, 6.07) is 0. The van der Waals surface area contributed by atoms with Gasteiger partial charge in [-0.2, -0.15) is 5.10 Å². The van der Waals surface area contributed by atoms with Crippen LogP contribution < -0.4 is 0 Å². The second-order valence-electron chi connectivity index (χ2n) is 2.35. The molecular weight excluding hydrogens is 323 g/mol. The van der Waals surface area contributed by atoms with Crippen molar-refractivity contribution < 1.29 is 14.3 Å². The number of nitrogens with zero attached hydrogens (tertiary/aromatic N) is 2. The Kier molecular flexibility index (Phi) is 9.77. The molecule has 0 aliphatic rings. The summed E-state index contributed by atoms with van der Waals surface area (Å²) >= 11 is 2.10. The molecule has 5 nitrogen and oxygen atoms in total. The molecule has 0 bridgehead atoms. The molecule has 0 spiro atoms. The second-order valence-corrected chi connectivity index (χ2v) is 3.60. The number of aromatic nitrogens is 2. The first kappa shape index (κ1) is 17.2. The van der Waals surface area contributed by atoms with E-state index in [1.165, 1.54) is 18.7 Å². The molecule has 1 rings (SSSR count). The molecule has 0 radical (unpaired) electrons. The first-order valence-corrected chi connectivity index (χ1v) is 5.00. The van der Waals surface area contributed by atoms with Crippen molar-refractivity contribution in [1.82, 2.24) is 9.78 Å². The van der Waals surface area contributed by atoms with Gasteiger partial charge in [0.25, 0.3) is 0 Å². The number of rotatable bonds is 1. The maximum absolute atomic E-state index is 10.6. The molecule has 0 saturated carbocycles. The Morgan fingerprint density at radius 1 is 1.62 bits per heavy atom. The summed E-state index contributed by atoms with van der Waals surface area (Å²) in [6.07, 6.45) is 4.44. The van der Waals surface area contributed by atoms with Crippen LogP contribution in [0.4, 0.5) is 0 Å². The Hall–Kier alpha value is -1.18. The summed E-state index contributed by atoms with van der Waals surface area (Å²) < 4.78 is 6.42. The summed E-state index contributed by atoms with van der Waals surface area (Å²) in [5.74, 6) is -0.451. The lowest BCUT2D eigenvalue weighted by Crippen LogP contribution is -2.04. The molecule has 1 aromatic heterocycles. The van der Waals surface area contributed by atoms with Gasteiger partial charge in [0, 0.05) is 19.2 Å². The number of carbonyl (C=O) groups excluding carboxylic acids is 2. The van der Waals surface area contributed by atoms with Gasteiger partial charge in [-0.3, -0.25) is 4.79 Å². The topological polar surface area (TPSA) is 61.2 Å². The van der Waals surface area contributed by atoms with Crippen LogP contribution in [0.25, 0.3) is 0 Å². The third-order valence-corrected chi connectivity index (χ3v) is 1.80. The van der Waals surface area contributed by atoms with E-state index >= 15 is 0 Å². The molecule has 0 unspecified atom stereocenters. The van der Waals surface area contributed by atoms with Crippen LogP contribution >= 0.6 is 22.6 Å². The van der Waals surface area contributed by atoms with Crippen LogP contribution in [-0.4, -0.2) is 28.8 Å². The zero-order chi connectivity index (χ0) is 11.8. The number of esters is 1. The van der Waals surface area contributed by atoms with Gasteiger partial charge in [0.15, 0.2) is 0 Å². The maximum Gasteiger partial charge on any atom is 0.329 e. The fraction of sp³-hybridized carbons (Fsp3) is 0.300. The number of hydrogen-bond donors (Lipinski definition) is 0. The molecule has 90 valence electrons. The standard InChI is InChI=1S/C5H5IN2O.C4H6O2.CH4/c1-4(9)8-3-5(6)2-7-8;1-3-4(5)6-2;/h2-3H,1H3;3H,1H2,2H3;1H4. The van der Waals surface area contributed by atoms with Crippen LogP contribution in [0.5, 0.6) is 0 Å². The number of halogens is 1. The first-order chi connectivity index (χ1) is 7.01. The quantitative estimate of drug-likeness (QED) is 0.447. The highest BCUT2D eigenvalue weighted by Gasteiger charge is 1.96. The zero-order valence-electron chi connectivity index (χ0n) is 8.44. The third kappa shape index (κ3) is 7.16. The van der Waals surface area contributed by atoms with E-state index in [2.05, 4.69) is 39.0 Å². The van der Waals surface area contributed by atoms with Crippen LogP contribution in [-0.2, 0) is 9.53 Å². The first-order valence-electron chi connectivity index (χ1n) is 3.92. The minimum absolute atomic E-state index is 0. The van der Waals surface area contributed by atoms with Gasteiger partial charge in [-0.25, -0.2) is 9.48 Å². The molecule has 0 aliphatic carbocycles. The molecule has 0 amide bonds. The molecule has 16 heavy (non-hydrogen) atoms. The molecule has 1 heterocycles. The number of carbonyl (C=O) groups is 2. The number of methoxy groups -OCH3 is 1. The van der Waals surface area contributed by atoms with Gasteiger partial charge in [0.05, 0.1) is 16.9 Å². The molecule has 0 atom stereocenters. The van der Waals surface area contributed by atoms with Gasteiger partial charge in [-0.15, -0.1) is 0 Å². The van der Waals surface area contributed by atoms with Gasteiger partial charge in [0.2, 0.25) is 5.91 Å². The van der Waals surface area contributed by atoms with Crippen LogP contribution in [0.15, 0.2) is 25.0 Å². The molecular formula is C10H15IN2O3. The Bertz CT molecular complexity index is 361. The minimum atomic E-state index is -0.394. The molecule has 1 aromatic rings. The fourth-order valence-corrected chi connectivity index (χ4v) is 0.945. The van der Waals surface area contributed by atoms with Crippen molar-refractivity contribution in [3.8, 4) is 0 Å². The summed E-state index contributed by atoms with van der Waals surface area (Å²) in [4.78, 5) is 20.4. The Morgan fingerprint density at radius 3 is 2.31 bits per heavy atom. The van der Waals surface area contributed by atoms with E-state index in [4.69, 9.17) is 0 Å². The van der Waals surface area contributed by atoms with Crippen LogP contribution in [0.1, 0.15) is 19.1 Å². The molecule has 0 N–H and O–H groups in total. The van der Waals surface area contributed by atoms with E-state index in [0.29, 0.717) is 0 Å². The minimum Gasteiger partial charge on any atom is -0.466 e. The predicted molar refractivity (Wildman–Crippen MR) is 70.2 cm³/mol. The van der Waals surface area contributed by atoms with Crippen LogP contribution in [0, 0.1) is 3.57 Å². The van der Waals surface area contributed by atoms with Crippen molar-refractivity contribution in [2.75, 3.05) is 7.11 Å². The molecule has 0 saturated heterocycles. The van der Waals surface area contributed by atoms with Crippen LogP contribution in [0.2, 0.25) is 0 Å². The largest absolute Gasteiger partial charge is 0.466 e. The monoisotopic (exact) mass is 338 g/mol. The SMILES string of the molecule is C.C=CC(=O)OC.CC(=O)n1cc(I)cn1. The van der Waals surface area contributed by atoms with Crippen molar-refractivity contribution in [1.29, 1.82) is 0 Å². The smallest absolute Gasteiger partial charge is 0.329 e. The molecule has 0 fully saturated rings. The van der Waals surface area contributed by atoms with Crippen molar-refractivity contribution in [2.24, 2.45) is 0 Å². The highest BCUT2D eigenvalue weighted by atomic mass is 127. The van der Waals surface area contributed by atoms with Crippen molar-refractivity contribution >= 4 is 34.5 Å². The normalized spacial score (nSPS) is 7.94. The van der Waals surface area contributed by atoms with Gasteiger partial charge in [-0.05, 0) is 22.6 Å². The molecule has 6 heteroatoms. The van der Waals surface area contributed by atoms with Gasteiger partial charge >= 0.3 is 5.97 Å². The van der Waals surface area contributed by atoms with Gasteiger partial charge in [0.1, 0.15) is 0 Å². The Balaban J connectivity index is 0. The zero-order valence-corrected chi connectivity index (χ0v) is 10.6. The lowest BCUT2D eigenvalue weighted by Gasteiger charge is -1.87. The highest BCUT2D eigenvalue weighted by Crippen LogP contribution is 1.99. The third-order valence-electron chi connectivity index (χ3n) is 1.24. The lowest BCUT2D eigenvalue weighted by atomic mass is 10.7. The lowest BCUT2D eigenvalue weighted by molar-refractivity contribution is -0.134. The van der Waals surface area contributed by atoms with E-state index in [1.54, 1.807) is 12.4 Å². The number of hydrogen-bond acceptors (Lipinski definition) is 4. The van der Waals surface area contributed by atoms with E-state index in [0.717, 1.165) is 9.65 Å². The van der Waals surface area contributed by atoms with E-state index in [-0.39, 0.29) is 13.3 Å². The maximum atomic E-state index is 10.6. The Labute approximate surface area is 109 Å². The highest BCUT2D eigenvalue weighted by molar-refractivity contribution is 14.1. The van der Waals surface area contributed by atoms with E-state index in [9.17, 15) is 9.59 Å².